The molecular weight excluding hydrogens is 250 g/mol. The Hall–Kier alpha value is -2.13. The van der Waals surface area contributed by atoms with Gasteiger partial charge in [-0.1, -0.05) is 30.3 Å². The largest absolute Gasteiger partial charge is 0.462 e. The SMILES string of the molecule is CC(C)(O)C(c1ccccc1)c1ccnc2ccoc12. The van der Waals surface area contributed by atoms with Gasteiger partial charge in [0.05, 0.1) is 11.9 Å². The maximum atomic E-state index is 10.6. The summed E-state index contributed by atoms with van der Waals surface area (Å²) in [5.41, 5.74) is 2.67. The zero-order chi connectivity index (χ0) is 14.2. The molecule has 0 spiro atoms. The van der Waals surface area contributed by atoms with Crippen molar-refractivity contribution in [3.8, 4) is 0 Å². The van der Waals surface area contributed by atoms with E-state index < -0.39 is 5.60 Å². The van der Waals surface area contributed by atoms with Crippen LogP contribution in [0.15, 0.2) is 59.3 Å². The van der Waals surface area contributed by atoms with Crippen molar-refractivity contribution in [3.05, 3.63) is 66.1 Å². The van der Waals surface area contributed by atoms with E-state index in [0.717, 1.165) is 22.2 Å². The fourth-order valence-corrected chi connectivity index (χ4v) is 2.73. The lowest BCUT2D eigenvalue weighted by Gasteiger charge is -2.30. The first-order valence-electron chi connectivity index (χ1n) is 6.67. The molecule has 1 aromatic carbocycles. The molecule has 0 saturated carbocycles. The molecule has 0 saturated heterocycles. The maximum absolute atomic E-state index is 10.6. The molecule has 102 valence electrons. The minimum Gasteiger partial charge on any atom is -0.462 e. The molecule has 3 nitrogen and oxygen atoms in total. The van der Waals surface area contributed by atoms with Crippen LogP contribution in [0.25, 0.3) is 11.1 Å². The number of hydrogen-bond acceptors (Lipinski definition) is 3. The Balaban J connectivity index is 2.23. The topological polar surface area (TPSA) is 46.3 Å². The smallest absolute Gasteiger partial charge is 0.156 e. The molecule has 20 heavy (non-hydrogen) atoms. The lowest BCUT2D eigenvalue weighted by Crippen LogP contribution is -2.29. The number of nitrogens with zero attached hydrogens (tertiary/aromatic N) is 1. The third-order valence-electron chi connectivity index (χ3n) is 3.52. The van der Waals surface area contributed by atoms with Crippen molar-refractivity contribution in [2.24, 2.45) is 0 Å². The first-order chi connectivity index (χ1) is 9.57. The quantitative estimate of drug-likeness (QED) is 0.786. The van der Waals surface area contributed by atoms with Crippen molar-refractivity contribution in [2.75, 3.05) is 0 Å². The van der Waals surface area contributed by atoms with Gasteiger partial charge in [0, 0.05) is 23.7 Å². The van der Waals surface area contributed by atoms with E-state index >= 15 is 0 Å². The zero-order valence-electron chi connectivity index (χ0n) is 11.6. The van der Waals surface area contributed by atoms with Gasteiger partial charge in [-0.3, -0.25) is 4.98 Å². The van der Waals surface area contributed by atoms with Crippen molar-refractivity contribution < 1.29 is 9.52 Å². The number of hydrogen-bond donors (Lipinski definition) is 1. The van der Waals surface area contributed by atoms with E-state index in [1.165, 1.54) is 0 Å². The fraction of sp³-hybridized carbons (Fsp3) is 0.235. The van der Waals surface area contributed by atoms with Crippen LogP contribution in [0, 0.1) is 0 Å². The van der Waals surface area contributed by atoms with Crippen LogP contribution >= 0.6 is 0 Å². The summed E-state index contributed by atoms with van der Waals surface area (Å²) in [4.78, 5) is 4.28. The Morgan fingerprint density at radius 3 is 2.55 bits per heavy atom. The molecule has 3 aromatic rings. The van der Waals surface area contributed by atoms with Crippen LogP contribution in [0.3, 0.4) is 0 Å². The second kappa shape index (κ2) is 4.76. The maximum Gasteiger partial charge on any atom is 0.156 e. The minimum absolute atomic E-state index is 0.166. The summed E-state index contributed by atoms with van der Waals surface area (Å²) in [6.45, 7) is 3.64. The summed E-state index contributed by atoms with van der Waals surface area (Å²) in [6.07, 6.45) is 3.39. The molecule has 1 unspecified atom stereocenters. The molecule has 2 aromatic heterocycles. The van der Waals surface area contributed by atoms with E-state index in [2.05, 4.69) is 4.98 Å². The van der Waals surface area contributed by atoms with Gasteiger partial charge in [0.15, 0.2) is 5.58 Å². The highest BCUT2D eigenvalue weighted by atomic mass is 16.3. The summed E-state index contributed by atoms with van der Waals surface area (Å²) < 4.78 is 5.57. The van der Waals surface area contributed by atoms with Crippen molar-refractivity contribution in [1.29, 1.82) is 0 Å². The van der Waals surface area contributed by atoms with E-state index in [1.807, 2.05) is 56.3 Å². The average molecular weight is 267 g/mol. The second-order valence-corrected chi connectivity index (χ2v) is 5.53. The van der Waals surface area contributed by atoms with Crippen molar-refractivity contribution >= 4 is 11.1 Å². The standard InChI is InChI=1S/C17H17NO2/c1-17(2,19)15(12-6-4-3-5-7-12)13-8-10-18-14-9-11-20-16(13)14/h3-11,15,19H,1-2H3. The highest BCUT2D eigenvalue weighted by Gasteiger charge is 2.32. The van der Waals surface area contributed by atoms with Gasteiger partial charge in [0.1, 0.15) is 5.52 Å². The van der Waals surface area contributed by atoms with Gasteiger partial charge in [-0.2, -0.15) is 0 Å². The van der Waals surface area contributed by atoms with Crippen molar-refractivity contribution in [3.63, 3.8) is 0 Å². The molecule has 1 atom stereocenters. The number of rotatable bonds is 3. The average Bonchev–Trinajstić information content (AvgIpc) is 2.88. The predicted molar refractivity (Wildman–Crippen MR) is 78.6 cm³/mol. The number of pyridine rings is 1. The van der Waals surface area contributed by atoms with Crippen LogP contribution in [-0.2, 0) is 0 Å². The second-order valence-electron chi connectivity index (χ2n) is 5.53. The van der Waals surface area contributed by atoms with Crippen LogP contribution in [0.2, 0.25) is 0 Å². The van der Waals surface area contributed by atoms with E-state index in [1.54, 1.807) is 12.5 Å². The van der Waals surface area contributed by atoms with Gasteiger partial charge in [-0.15, -0.1) is 0 Å². The van der Waals surface area contributed by atoms with E-state index in [0.29, 0.717) is 0 Å². The molecule has 0 amide bonds. The van der Waals surface area contributed by atoms with E-state index in [9.17, 15) is 5.11 Å². The Bertz CT molecular complexity index is 710. The predicted octanol–water partition coefficient (Wildman–Crippen LogP) is 3.73. The van der Waals surface area contributed by atoms with Gasteiger partial charge in [0.2, 0.25) is 0 Å². The first-order valence-corrected chi connectivity index (χ1v) is 6.67. The monoisotopic (exact) mass is 267 g/mol. The molecular formula is C17H17NO2. The Morgan fingerprint density at radius 1 is 1.10 bits per heavy atom. The summed E-state index contributed by atoms with van der Waals surface area (Å²) in [5, 5.41) is 10.6. The molecule has 0 fully saturated rings. The molecule has 0 aliphatic heterocycles. The number of benzene rings is 1. The van der Waals surface area contributed by atoms with Crippen LogP contribution in [0.4, 0.5) is 0 Å². The summed E-state index contributed by atoms with van der Waals surface area (Å²) in [6, 6.07) is 13.7. The summed E-state index contributed by atoms with van der Waals surface area (Å²) >= 11 is 0. The number of furan rings is 1. The van der Waals surface area contributed by atoms with Gasteiger partial charge >= 0.3 is 0 Å². The minimum atomic E-state index is -0.900. The van der Waals surface area contributed by atoms with E-state index in [-0.39, 0.29) is 5.92 Å². The Kier molecular flexibility index (Phi) is 3.07. The van der Waals surface area contributed by atoms with Gasteiger partial charge in [-0.25, -0.2) is 0 Å². The normalized spacial score (nSPS) is 13.6. The van der Waals surface area contributed by atoms with Gasteiger partial charge < -0.3 is 9.52 Å². The molecule has 3 heteroatoms. The zero-order valence-corrected chi connectivity index (χ0v) is 11.6. The van der Waals surface area contributed by atoms with E-state index in [4.69, 9.17) is 4.42 Å². The lowest BCUT2D eigenvalue weighted by molar-refractivity contribution is 0.0629. The van der Waals surface area contributed by atoms with Crippen LogP contribution in [0.5, 0.6) is 0 Å². The molecule has 1 N–H and O–H groups in total. The molecule has 0 radical (unpaired) electrons. The first kappa shape index (κ1) is 12.9. The number of aromatic nitrogens is 1. The van der Waals surface area contributed by atoms with Crippen molar-refractivity contribution in [1.82, 2.24) is 4.98 Å². The highest BCUT2D eigenvalue weighted by molar-refractivity contribution is 5.77. The molecule has 3 rings (SSSR count). The third kappa shape index (κ3) is 2.21. The van der Waals surface area contributed by atoms with Crippen LogP contribution in [-0.4, -0.2) is 15.7 Å². The van der Waals surface area contributed by atoms with Crippen molar-refractivity contribution in [2.45, 2.75) is 25.4 Å². The number of fused-ring (bicyclic) bond motifs is 1. The van der Waals surface area contributed by atoms with Gasteiger partial charge in [0.25, 0.3) is 0 Å². The number of aliphatic hydroxyl groups is 1. The Labute approximate surface area is 117 Å². The molecule has 2 heterocycles. The van der Waals surface area contributed by atoms with Crippen LogP contribution in [0.1, 0.15) is 30.9 Å². The lowest BCUT2D eigenvalue weighted by atomic mass is 9.79. The molecule has 0 aliphatic rings. The summed E-state index contributed by atoms with van der Waals surface area (Å²) in [7, 11) is 0. The Morgan fingerprint density at radius 2 is 1.85 bits per heavy atom. The fourth-order valence-electron chi connectivity index (χ4n) is 2.73. The summed E-state index contributed by atoms with van der Waals surface area (Å²) in [5.74, 6) is -0.166. The van der Waals surface area contributed by atoms with Crippen LogP contribution < -0.4 is 0 Å². The van der Waals surface area contributed by atoms with Gasteiger partial charge in [-0.05, 0) is 25.5 Å². The highest BCUT2D eigenvalue weighted by Crippen LogP contribution is 2.37. The molecule has 0 bridgehead atoms. The molecule has 0 aliphatic carbocycles. The third-order valence-corrected chi connectivity index (χ3v) is 3.52.